The molecule has 1 aliphatic carbocycles. The maximum atomic E-state index is 13.1. The minimum absolute atomic E-state index is 0.0194. The first kappa shape index (κ1) is 20.8. The molecule has 7 nitrogen and oxygen atoms in total. The van der Waals surface area contributed by atoms with Crippen LogP contribution in [0.1, 0.15) is 42.5 Å². The molecule has 3 aromatic rings. The van der Waals surface area contributed by atoms with Crippen molar-refractivity contribution in [2.75, 3.05) is 12.5 Å². The van der Waals surface area contributed by atoms with Crippen LogP contribution in [0.5, 0.6) is 0 Å². The fraction of sp³-hybridized carbons (Fsp3) is 0.333. The van der Waals surface area contributed by atoms with Gasteiger partial charge in [0.25, 0.3) is 5.91 Å². The van der Waals surface area contributed by atoms with Crippen molar-refractivity contribution in [2.24, 2.45) is 0 Å². The van der Waals surface area contributed by atoms with Crippen LogP contribution in [-0.4, -0.2) is 41.4 Å². The Morgan fingerprint density at radius 2 is 1.90 bits per heavy atom. The zero-order valence-electron chi connectivity index (χ0n) is 16.6. The van der Waals surface area contributed by atoms with E-state index in [0.717, 1.165) is 43.1 Å². The number of hydrogen-bond acceptors (Lipinski definition) is 4. The lowest BCUT2D eigenvalue weighted by atomic mass is 9.96. The van der Waals surface area contributed by atoms with Crippen molar-refractivity contribution in [3.63, 3.8) is 0 Å². The second-order valence-corrected chi connectivity index (χ2v) is 9.90. The molecule has 1 N–H and O–H groups in total. The fourth-order valence-corrected chi connectivity index (χ4v) is 5.51. The second-order valence-electron chi connectivity index (χ2n) is 7.50. The van der Waals surface area contributed by atoms with Crippen molar-refractivity contribution in [1.82, 2.24) is 14.0 Å². The summed E-state index contributed by atoms with van der Waals surface area (Å²) in [5.41, 5.74) is 4.26. The van der Waals surface area contributed by atoms with Crippen molar-refractivity contribution >= 4 is 38.6 Å². The summed E-state index contributed by atoms with van der Waals surface area (Å²) < 4.78 is 29.2. The highest BCUT2D eigenvalue weighted by Gasteiger charge is 2.30. The maximum Gasteiger partial charge on any atom is 0.271 e. The first-order valence-electron chi connectivity index (χ1n) is 9.89. The highest BCUT2D eigenvalue weighted by atomic mass is 35.5. The van der Waals surface area contributed by atoms with Crippen molar-refractivity contribution in [3.8, 4) is 0 Å². The molecular weight excluding hydrogens is 424 g/mol. The van der Waals surface area contributed by atoms with Crippen molar-refractivity contribution in [1.29, 1.82) is 0 Å². The summed E-state index contributed by atoms with van der Waals surface area (Å²) in [5.74, 6) is -0.513. The summed E-state index contributed by atoms with van der Waals surface area (Å²) >= 11 is 6.23. The molecule has 4 rings (SSSR count). The lowest BCUT2D eigenvalue weighted by Crippen LogP contribution is -2.38. The zero-order valence-corrected chi connectivity index (χ0v) is 18.2. The Labute approximate surface area is 180 Å². The molecule has 1 saturated carbocycles. The molecule has 9 heteroatoms. The number of rotatable bonds is 5. The Balaban J connectivity index is 1.61. The van der Waals surface area contributed by atoms with Crippen molar-refractivity contribution in [3.05, 3.63) is 59.4 Å². The number of amides is 1. The molecule has 0 unspecified atom stereocenters. The van der Waals surface area contributed by atoms with Gasteiger partial charge in [-0.15, -0.1) is 0 Å². The fourth-order valence-electron chi connectivity index (χ4n) is 3.86. The number of para-hydroxylation sites is 2. The highest BCUT2D eigenvalue weighted by Crippen LogP contribution is 2.28. The minimum Gasteiger partial charge on any atom is -0.267 e. The van der Waals surface area contributed by atoms with Crippen LogP contribution < -0.4 is 5.43 Å². The topological polar surface area (TPSA) is 84.3 Å². The molecule has 30 heavy (non-hydrogen) atoms. The van der Waals surface area contributed by atoms with Gasteiger partial charge in [0.2, 0.25) is 10.0 Å². The number of hydrogen-bond donors (Lipinski definition) is 1. The number of carbonyl (C=O) groups is 1. The van der Waals surface area contributed by atoms with Gasteiger partial charge in [-0.3, -0.25) is 10.2 Å². The SMILES string of the molecule is CN(C1CCCCC1)S(=O)(=O)c1ccc(Cl)c(C(=O)Nn2cnc3ccccc32)c1. The molecule has 0 radical (unpaired) electrons. The first-order valence-corrected chi connectivity index (χ1v) is 11.7. The number of nitrogens with one attached hydrogen (secondary N) is 1. The van der Waals surface area contributed by atoms with Crippen LogP contribution in [0.2, 0.25) is 5.02 Å². The maximum absolute atomic E-state index is 13.1. The summed E-state index contributed by atoms with van der Waals surface area (Å²) in [6, 6.07) is 11.6. The summed E-state index contributed by atoms with van der Waals surface area (Å²) in [5, 5.41) is 0.177. The third kappa shape index (κ3) is 3.95. The van der Waals surface area contributed by atoms with E-state index in [9.17, 15) is 13.2 Å². The number of fused-ring (bicyclic) bond motifs is 1. The van der Waals surface area contributed by atoms with Gasteiger partial charge >= 0.3 is 0 Å². The summed E-state index contributed by atoms with van der Waals surface area (Å²) in [4.78, 5) is 17.2. The number of benzene rings is 2. The predicted molar refractivity (Wildman–Crippen MR) is 117 cm³/mol. The van der Waals surface area contributed by atoms with Crippen LogP contribution in [-0.2, 0) is 10.0 Å². The van der Waals surface area contributed by atoms with Crippen LogP contribution in [0.3, 0.4) is 0 Å². The van der Waals surface area contributed by atoms with Crippen LogP contribution in [0.4, 0.5) is 0 Å². The molecule has 158 valence electrons. The Bertz CT molecular complexity index is 1190. The van der Waals surface area contributed by atoms with E-state index in [1.54, 1.807) is 7.05 Å². The Kier molecular flexibility index (Phi) is 5.81. The van der Waals surface area contributed by atoms with E-state index in [1.165, 1.54) is 33.5 Å². The van der Waals surface area contributed by atoms with Crippen molar-refractivity contribution < 1.29 is 13.2 Å². The molecule has 0 atom stereocenters. The van der Waals surface area contributed by atoms with Crippen LogP contribution in [0.25, 0.3) is 11.0 Å². The molecule has 1 fully saturated rings. The third-order valence-electron chi connectivity index (χ3n) is 5.62. The quantitative estimate of drug-likeness (QED) is 0.641. The van der Waals surface area contributed by atoms with E-state index in [0.29, 0.717) is 0 Å². The summed E-state index contributed by atoms with van der Waals surface area (Å²) in [6.07, 6.45) is 6.39. The van der Waals surface area contributed by atoms with E-state index in [1.807, 2.05) is 24.3 Å². The number of imidazole rings is 1. The van der Waals surface area contributed by atoms with Gasteiger partial charge in [0.05, 0.1) is 26.5 Å². The lowest BCUT2D eigenvalue weighted by Gasteiger charge is -2.30. The number of sulfonamides is 1. The lowest BCUT2D eigenvalue weighted by molar-refractivity contribution is 0.101. The summed E-state index contributed by atoms with van der Waals surface area (Å²) in [6.45, 7) is 0. The molecule has 0 aliphatic heterocycles. The number of carbonyl (C=O) groups excluding carboxylic acids is 1. The van der Waals surface area contributed by atoms with Crippen LogP contribution in [0, 0.1) is 0 Å². The predicted octanol–water partition coefficient (Wildman–Crippen LogP) is 4.03. The summed E-state index contributed by atoms with van der Waals surface area (Å²) in [7, 11) is -2.12. The third-order valence-corrected chi connectivity index (χ3v) is 7.86. The molecule has 0 spiro atoms. The van der Waals surface area contributed by atoms with Gasteiger partial charge in [-0.1, -0.05) is 43.0 Å². The van der Waals surface area contributed by atoms with Gasteiger partial charge in [0.1, 0.15) is 6.33 Å². The van der Waals surface area contributed by atoms with Gasteiger partial charge in [0, 0.05) is 13.1 Å². The zero-order chi connectivity index (χ0) is 21.3. The Morgan fingerprint density at radius 3 is 2.67 bits per heavy atom. The molecule has 2 aromatic carbocycles. The first-order chi connectivity index (χ1) is 14.4. The molecule has 0 saturated heterocycles. The van der Waals surface area contributed by atoms with E-state index in [4.69, 9.17) is 11.6 Å². The van der Waals surface area contributed by atoms with Crippen LogP contribution >= 0.6 is 11.6 Å². The van der Waals surface area contributed by atoms with E-state index >= 15 is 0 Å². The van der Waals surface area contributed by atoms with Gasteiger partial charge in [-0.25, -0.2) is 18.1 Å². The van der Waals surface area contributed by atoms with E-state index in [-0.39, 0.29) is 21.5 Å². The van der Waals surface area contributed by atoms with Gasteiger partial charge in [0.15, 0.2) is 0 Å². The molecule has 1 amide bonds. The van der Waals surface area contributed by atoms with Crippen molar-refractivity contribution in [2.45, 2.75) is 43.0 Å². The number of aromatic nitrogens is 2. The molecule has 1 aliphatic rings. The van der Waals surface area contributed by atoms with Gasteiger partial charge in [-0.2, -0.15) is 4.31 Å². The highest BCUT2D eigenvalue weighted by molar-refractivity contribution is 7.89. The van der Waals surface area contributed by atoms with Crippen LogP contribution in [0.15, 0.2) is 53.7 Å². The minimum atomic E-state index is -3.73. The normalized spacial score (nSPS) is 15.6. The largest absolute Gasteiger partial charge is 0.271 e. The Morgan fingerprint density at radius 1 is 1.17 bits per heavy atom. The smallest absolute Gasteiger partial charge is 0.267 e. The number of halogens is 1. The number of nitrogens with zero attached hydrogens (tertiary/aromatic N) is 3. The Hall–Kier alpha value is -2.42. The van der Waals surface area contributed by atoms with E-state index in [2.05, 4.69) is 10.4 Å². The average molecular weight is 447 g/mol. The van der Waals surface area contributed by atoms with Gasteiger partial charge in [-0.05, 0) is 43.2 Å². The molecule has 1 aromatic heterocycles. The molecular formula is C21H23ClN4O3S. The van der Waals surface area contributed by atoms with E-state index < -0.39 is 15.9 Å². The molecule has 1 heterocycles. The average Bonchev–Trinajstić information content (AvgIpc) is 3.16. The monoisotopic (exact) mass is 446 g/mol. The van der Waals surface area contributed by atoms with Gasteiger partial charge < -0.3 is 0 Å². The second kappa shape index (κ2) is 8.37. The molecule has 0 bridgehead atoms. The standard InChI is InChI=1S/C21H23ClN4O3S/c1-25(15-7-3-2-4-8-15)30(28,29)16-11-12-18(22)17(13-16)21(27)24-26-14-23-19-9-5-6-10-20(19)26/h5-6,9-15H,2-4,7-8H2,1H3,(H,24,27).